The number of hydrogen-bond donors (Lipinski definition) is 1. The van der Waals surface area contributed by atoms with Crippen molar-refractivity contribution >= 4 is 17.3 Å². The Bertz CT molecular complexity index is 825. The van der Waals surface area contributed by atoms with Crippen molar-refractivity contribution in [1.82, 2.24) is 9.88 Å². The van der Waals surface area contributed by atoms with E-state index in [1.807, 2.05) is 36.9 Å². The van der Waals surface area contributed by atoms with Crippen LogP contribution in [0.15, 0.2) is 42.6 Å². The fraction of sp³-hybridized carbons (Fsp3) is 0.400. The van der Waals surface area contributed by atoms with Crippen molar-refractivity contribution in [3.05, 3.63) is 64.0 Å². The zero-order valence-corrected chi connectivity index (χ0v) is 15.6. The van der Waals surface area contributed by atoms with Crippen LogP contribution in [0, 0.1) is 10.1 Å². The Morgan fingerprint density at radius 3 is 2.81 bits per heavy atom. The number of rotatable bonds is 5. The van der Waals surface area contributed by atoms with Crippen LogP contribution in [0.5, 0.6) is 0 Å². The number of nitro benzene ring substituents is 1. The lowest BCUT2D eigenvalue weighted by atomic mass is 10.0. The summed E-state index contributed by atoms with van der Waals surface area (Å²) in [4.78, 5) is 30.0. The van der Waals surface area contributed by atoms with Crippen molar-refractivity contribution in [2.75, 3.05) is 11.9 Å². The van der Waals surface area contributed by atoms with E-state index in [-0.39, 0.29) is 23.7 Å². The summed E-state index contributed by atoms with van der Waals surface area (Å²) in [5, 5.41) is 14.7. The van der Waals surface area contributed by atoms with E-state index < -0.39 is 4.92 Å². The van der Waals surface area contributed by atoms with Crippen molar-refractivity contribution in [3.63, 3.8) is 0 Å². The minimum absolute atomic E-state index is 0.103. The third-order valence-corrected chi connectivity index (χ3v) is 5.01. The maximum Gasteiger partial charge on any atom is 0.293 e. The summed E-state index contributed by atoms with van der Waals surface area (Å²) in [5.41, 5.74) is 1.41. The van der Waals surface area contributed by atoms with E-state index in [2.05, 4.69) is 10.3 Å². The standard InChI is InChI=1S/C20H24N4O3/c1-14-7-4-6-12-23(14)20(25)16-9-10-18(19(13-16)24(26)27)22-15(2)17-8-3-5-11-21-17/h3,5,8-11,13-15,22H,4,6-7,12H2,1-2H3/t14-,15+/m0/s1. The van der Waals surface area contributed by atoms with Crippen LogP contribution in [0.1, 0.15) is 55.2 Å². The fourth-order valence-electron chi connectivity index (χ4n) is 3.44. The Morgan fingerprint density at radius 1 is 1.33 bits per heavy atom. The highest BCUT2D eigenvalue weighted by Crippen LogP contribution is 2.30. The number of aromatic nitrogens is 1. The van der Waals surface area contributed by atoms with Crippen LogP contribution in [0.25, 0.3) is 0 Å². The molecule has 1 aromatic carbocycles. The molecule has 0 spiro atoms. The Balaban J connectivity index is 1.84. The number of nitrogens with zero attached hydrogens (tertiary/aromatic N) is 3. The summed E-state index contributed by atoms with van der Waals surface area (Å²) >= 11 is 0. The normalized spacial score (nSPS) is 18.0. The number of carbonyl (C=O) groups excluding carboxylic acids is 1. The van der Waals surface area contributed by atoms with E-state index in [9.17, 15) is 14.9 Å². The molecule has 0 saturated carbocycles. The van der Waals surface area contributed by atoms with Crippen LogP contribution in [-0.4, -0.2) is 33.3 Å². The van der Waals surface area contributed by atoms with Gasteiger partial charge in [0, 0.05) is 30.4 Å². The van der Waals surface area contributed by atoms with Crippen molar-refractivity contribution in [1.29, 1.82) is 0 Å². The van der Waals surface area contributed by atoms with E-state index in [0.717, 1.165) is 25.0 Å². The van der Waals surface area contributed by atoms with Gasteiger partial charge in [-0.3, -0.25) is 19.9 Å². The summed E-state index contributed by atoms with van der Waals surface area (Å²) in [5.74, 6) is -0.144. The third kappa shape index (κ3) is 4.24. The van der Waals surface area contributed by atoms with E-state index >= 15 is 0 Å². The SMILES string of the molecule is C[C@@H](Nc1ccc(C(=O)N2CCCC[C@@H]2C)cc1[N+](=O)[O-])c1ccccn1. The fourth-order valence-corrected chi connectivity index (χ4v) is 3.44. The number of likely N-dealkylation sites (tertiary alicyclic amines) is 1. The van der Waals surface area contributed by atoms with Gasteiger partial charge in [0.2, 0.25) is 0 Å². The van der Waals surface area contributed by atoms with Gasteiger partial charge in [-0.25, -0.2) is 0 Å². The predicted octanol–water partition coefficient (Wildman–Crippen LogP) is 4.18. The first-order valence-corrected chi connectivity index (χ1v) is 9.24. The zero-order valence-electron chi connectivity index (χ0n) is 15.6. The first-order chi connectivity index (χ1) is 13.0. The quantitative estimate of drug-likeness (QED) is 0.632. The lowest BCUT2D eigenvalue weighted by Crippen LogP contribution is -2.42. The van der Waals surface area contributed by atoms with Gasteiger partial charge >= 0.3 is 0 Å². The van der Waals surface area contributed by atoms with Gasteiger partial charge < -0.3 is 10.2 Å². The van der Waals surface area contributed by atoms with Crippen LogP contribution in [-0.2, 0) is 0 Å². The number of anilines is 1. The van der Waals surface area contributed by atoms with Gasteiger partial charge in [-0.2, -0.15) is 0 Å². The smallest absolute Gasteiger partial charge is 0.293 e. The van der Waals surface area contributed by atoms with E-state index in [1.165, 1.54) is 6.07 Å². The number of carbonyl (C=O) groups is 1. The van der Waals surface area contributed by atoms with Crippen LogP contribution in [0.2, 0.25) is 0 Å². The molecule has 1 aromatic heterocycles. The number of nitro groups is 1. The Kier molecular flexibility index (Phi) is 5.69. The number of nitrogens with one attached hydrogen (secondary N) is 1. The molecule has 7 heteroatoms. The average Bonchev–Trinajstić information content (AvgIpc) is 2.68. The molecule has 27 heavy (non-hydrogen) atoms. The molecule has 1 N–H and O–H groups in total. The molecular weight excluding hydrogens is 344 g/mol. The van der Waals surface area contributed by atoms with Gasteiger partial charge in [0.25, 0.3) is 11.6 Å². The minimum atomic E-state index is -0.454. The molecule has 2 heterocycles. The van der Waals surface area contributed by atoms with Gasteiger partial charge in [0.15, 0.2) is 0 Å². The second-order valence-corrected chi connectivity index (χ2v) is 6.95. The van der Waals surface area contributed by atoms with Gasteiger partial charge in [-0.15, -0.1) is 0 Å². The maximum absolute atomic E-state index is 12.8. The molecule has 2 aromatic rings. The van der Waals surface area contributed by atoms with Crippen LogP contribution < -0.4 is 5.32 Å². The van der Waals surface area contributed by atoms with Crippen molar-refractivity contribution in [2.24, 2.45) is 0 Å². The molecule has 0 aliphatic carbocycles. The first-order valence-electron chi connectivity index (χ1n) is 9.24. The molecule has 1 fully saturated rings. The summed E-state index contributed by atoms with van der Waals surface area (Å²) in [7, 11) is 0. The minimum Gasteiger partial charge on any atom is -0.371 e. The Labute approximate surface area is 158 Å². The van der Waals surface area contributed by atoms with Crippen LogP contribution in [0.4, 0.5) is 11.4 Å². The molecule has 1 saturated heterocycles. The molecular formula is C20H24N4O3. The predicted molar refractivity (Wildman–Crippen MR) is 104 cm³/mol. The maximum atomic E-state index is 12.8. The second kappa shape index (κ2) is 8.16. The molecule has 7 nitrogen and oxygen atoms in total. The monoisotopic (exact) mass is 368 g/mol. The van der Waals surface area contributed by atoms with Crippen LogP contribution >= 0.6 is 0 Å². The largest absolute Gasteiger partial charge is 0.371 e. The average molecular weight is 368 g/mol. The summed E-state index contributed by atoms with van der Waals surface area (Å²) < 4.78 is 0. The first kappa shape index (κ1) is 18.8. The van der Waals surface area contributed by atoms with Crippen LogP contribution in [0.3, 0.4) is 0 Å². The zero-order chi connectivity index (χ0) is 19.4. The Hall–Kier alpha value is -2.96. The van der Waals surface area contributed by atoms with Gasteiger partial charge in [0.1, 0.15) is 5.69 Å². The molecule has 142 valence electrons. The second-order valence-electron chi connectivity index (χ2n) is 6.95. The molecule has 1 amide bonds. The molecule has 0 radical (unpaired) electrons. The van der Waals surface area contributed by atoms with Gasteiger partial charge in [-0.05, 0) is 57.4 Å². The number of benzene rings is 1. The number of pyridine rings is 1. The van der Waals surface area contributed by atoms with Gasteiger partial charge in [0.05, 0.1) is 16.7 Å². The highest BCUT2D eigenvalue weighted by atomic mass is 16.6. The third-order valence-electron chi connectivity index (χ3n) is 5.01. The number of amides is 1. The van der Waals surface area contributed by atoms with E-state index in [4.69, 9.17) is 0 Å². The van der Waals surface area contributed by atoms with Crippen molar-refractivity contribution in [3.8, 4) is 0 Å². The van der Waals surface area contributed by atoms with Crippen molar-refractivity contribution in [2.45, 2.75) is 45.2 Å². The molecule has 0 unspecified atom stereocenters. The molecule has 1 aliphatic rings. The molecule has 0 bridgehead atoms. The lowest BCUT2D eigenvalue weighted by molar-refractivity contribution is -0.384. The van der Waals surface area contributed by atoms with Crippen molar-refractivity contribution < 1.29 is 9.72 Å². The summed E-state index contributed by atoms with van der Waals surface area (Å²) in [6.45, 7) is 4.61. The summed E-state index contributed by atoms with van der Waals surface area (Å²) in [6.07, 6.45) is 4.73. The molecule has 2 atom stereocenters. The molecule has 1 aliphatic heterocycles. The highest BCUT2D eigenvalue weighted by Gasteiger charge is 2.26. The number of piperidine rings is 1. The number of hydrogen-bond acceptors (Lipinski definition) is 5. The Morgan fingerprint density at radius 2 is 2.15 bits per heavy atom. The summed E-state index contributed by atoms with van der Waals surface area (Å²) in [6, 6.07) is 10.2. The lowest BCUT2D eigenvalue weighted by Gasteiger charge is -2.33. The molecule has 3 rings (SSSR count). The highest BCUT2D eigenvalue weighted by molar-refractivity contribution is 5.96. The van der Waals surface area contributed by atoms with Gasteiger partial charge in [-0.1, -0.05) is 6.07 Å². The van der Waals surface area contributed by atoms with E-state index in [1.54, 1.807) is 18.3 Å². The van der Waals surface area contributed by atoms with E-state index in [0.29, 0.717) is 17.8 Å². The topological polar surface area (TPSA) is 88.4 Å².